The van der Waals surface area contributed by atoms with Gasteiger partial charge in [0, 0.05) is 30.7 Å². The van der Waals surface area contributed by atoms with Crippen molar-refractivity contribution in [1.82, 2.24) is 4.90 Å². The summed E-state index contributed by atoms with van der Waals surface area (Å²) in [6.45, 7) is 6.09. The van der Waals surface area contributed by atoms with Crippen molar-refractivity contribution in [2.75, 3.05) is 19.8 Å². The number of hydrogen-bond acceptors (Lipinski definition) is 4. The van der Waals surface area contributed by atoms with Crippen LogP contribution in [0.15, 0.2) is 29.2 Å². The molecular weight excluding hydrogens is 338 g/mol. The first-order valence-corrected chi connectivity index (χ1v) is 9.70. The van der Waals surface area contributed by atoms with E-state index < -0.39 is 11.2 Å². The lowest BCUT2D eigenvalue weighted by atomic mass is 9.74. The topological polar surface area (TPSA) is 66.8 Å². The minimum absolute atomic E-state index is 0.0107. The molecule has 0 bridgehead atoms. The molecule has 2 aliphatic rings. The second-order valence-corrected chi connectivity index (χ2v) is 8.38. The maximum Gasteiger partial charge on any atom is 0.316 e. The lowest BCUT2D eigenvalue weighted by Crippen LogP contribution is -2.43. The molecule has 1 N–H and O–H groups in total. The van der Waals surface area contributed by atoms with Crippen molar-refractivity contribution in [3.8, 4) is 0 Å². The van der Waals surface area contributed by atoms with Gasteiger partial charge in [0.25, 0.3) is 5.91 Å². The van der Waals surface area contributed by atoms with E-state index in [9.17, 15) is 9.59 Å². The highest BCUT2D eigenvalue weighted by Gasteiger charge is 2.47. The van der Waals surface area contributed by atoms with Crippen LogP contribution in [0.5, 0.6) is 0 Å². The Kier molecular flexibility index (Phi) is 5.39. The Hall–Kier alpha value is -1.53. The normalized spacial score (nSPS) is 23.6. The van der Waals surface area contributed by atoms with E-state index in [0.717, 1.165) is 43.9 Å². The van der Waals surface area contributed by atoms with E-state index in [-0.39, 0.29) is 17.4 Å². The number of nitrogens with zero attached hydrogens (tertiary/aromatic N) is 1. The molecule has 0 saturated carbocycles. The van der Waals surface area contributed by atoms with Crippen molar-refractivity contribution in [2.45, 2.75) is 49.3 Å². The number of carbonyl (C=O) groups excluding carboxylic acids is 1. The van der Waals surface area contributed by atoms with E-state index >= 15 is 0 Å². The number of aliphatic carboxylic acids is 1. The molecule has 0 aromatic heterocycles. The predicted molar refractivity (Wildman–Crippen MR) is 97.0 cm³/mol. The number of carbonyl (C=O) groups is 2. The van der Waals surface area contributed by atoms with Gasteiger partial charge in [-0.25, -0.2) is 0 Å². The van der Waals surface area contributed by atoms with Crippen molar-refractivity contribution >= 4 is 23.6 Å². The minimum atomic E-state index is -0.872. The fourth-order valence-corrected chi connectivity index (χ4v) is 4.86. The largest absolute Gasteiger partial charge is 0.480 e. The molecule has 0 radical (unpaired) electrons. The van der Waals surface area contributed by atoms with E-state index in [1.54, 1.807) is 13.0 Å². The maximum atomic E-state index is 13.2. The fourth-order valence-electron chi connectivity index (χ4n) is 3.94. The molecule has 5 nitrogen and oxygen atoms in total. The molecule has 2 saturated heterocycles. The smallest absolute Gasteiger partial charge is 0.316 e. The number of thioether (sulfide) groups is 1. The first-order valence-electron chi connectivity index (χ1n) is 8.82. The third-order valence-electron chi connectivity index (χ3n) is 5.72. The van der Waals surface area contributed by atoms with Gasteiger partial charge in [-0.2, -0.15) is 0 Å². The maximum absolute atomic E-state index is 13.2. The standard InChI is InChI=1S/C19H25NO4S/c1-13(18(22)23)25-16-6-4-3-5-15(16)17(21)20-10-7-19(14(20)2)8-11-24-12-9-19/h3-6,13-14H,7-12H2,1-2H3,(H,22,23). The molecule has 2 aliphatic heterocycles. The third-order valence-corrected chi connectivity index (χ3v) is 6.89. The number of carboxylic acids is 1. The van der Waals surface area contributed by atoms with E-state index in [0.29, 0.717) is 5.56 Å². The zero-order valence-corrected chi connectivity index (χ0v) is 15.6. The molecule has 1 amide bonds. The van der Waals surface area contributed by atoms with Crippen molar-refractivity contribution in [3.05, 3.63) is 29.8 Å². The van der Waals surface area contributed by atoms with Crippen LogP contribution in [0.4, 0.5) is 0 Å². The van der Waals surface area contributed by atoms with Crippen LogP contribution in [0.2, 0.25) is 0 Å². The summed E-state index contributed by atoms with van der Waals surface area (Å²) in [7, 11) is 0. The number of hydrogen-bond donors (Lipinski definition) is 1. The molecule has 1 aromatic rings. The van der Waals surface area contributed by atoms with Crippen LogP contribution < -0.4 is 0 Å². The average Bonchev–Trinajstić information content (AvgIpc) is 2.92. The SMILES string of the molecule is CC(Sc1ccccc1C(=O)N1CCC2(CCOCC2)C1C)C(=O)O. The fraction of sp³-hybridized carbons (Fsp3) is 0.579. The molecule has 0 aliphatic carbocycles. The molecule has 3 rings (SSSR count). The van der Waals surface area contributed by atoms with Crippen LogP contribution in [-0.4, -0.2) is 52.9 Å². The number of rotatable bonds is 4. The molecular formula is C19H25NO4S. The van der Waals surface area contributed by atoms with Gasteiger partial charge in [-0.1, -0.05) is 12.1 Å². The van der Waals surface area contributed by atoms with Gasteiger partial charge in [0.2, 0.25) is 0 Å². The molecule has 1 aromatic carbocycles. The summed E-state index contributed by atoms with van der Waals surface area (Å²) in [5, 5.41) is 8.57. The van der Waals surface area contributed by atoms with E-state index in [2.05, 4.69) is 6.92 Å². The summed E-state index contributed by atoms with van der Waals surface area (Å²) in [5.41, 5.74) is 0.779. The molecule has 1 spiro atoms. The zero-order chi connectivity index (χ0) is 18.0. The molecule has 2 fully saturated rings. The van der Waals surface area contributed by atoms with Gasteiger partial charge in [0.1, 0.15) is 5.25 Å². The van der Waals surface area contributed by atoms with Crippen LogP contribution in [0.25, 0.3) is 0 Å². The van der Waals surface area contributed by atoms with Gasteiger partial charge < -0.3 is 14.7 Å². The second kappa shape index (κ2) is 7.38. The molecule has 2 unspecified atom stereocenters. The first kappa shape index (κ1) is 18.3. The monoisotopic (exact) mass is 363 g/mol. The van der Waals surface area contributed by atoms with E-state index in [1.165, 1.54) is 11.8 Å². The number of likely N-dealkylation sites (tertiary alicyclic amines) is 1. The molecule has 2 heterocycles. The van der Waals surface area contributed by atoms with Gasteiger partial charge >= 0.3 is 5.97 Å². The molecule has 25 heavy (non-hydrogen) atoms. The van der Waals surface area contributed by atoms with Crippen molar-refractivity contribution < 1.29 is 19.4 Å². The van der Waals surface area contributed by atoms with Crippen molar-refractivity contribution in [2.24, 2.45) is 5.41 Å². The van der Waals surface area contributed by atoms with Crippen molar-refractivity contribution in [3.63, 3.8) is 0 Å². The quantitative estimate of drug-likeness (QED) is 0.832. The van der Waals surface area contributed by atoms with Crippen LogP contribution in [0.3, 0.4) is 0 Å². The van der Waals surface area contributed by atoms with E-state index in [4.69, 9.17) is 9.84 Å². The predicted octanol–water partition coefficient (Wildman–Crippen LogP) is 3.28. The Balaban J connectivity index is 1.81. The first-order chi connectivity index (χ1) is 11.9. The van der Waals surface area contributed by atoms with Crippen LogP contribution >= 0.6 is 11.8 Å². The van der Waals surface area contributed by atoms with Crippen LogP contribution in [-0.2, 0) is 9.53 Å². The highest BCUT2D eigenvalue weighted by molar-refractivity contribution is 8.00. The van der Waals surface area contributed by atoms with Crippen molar-refractivity contribution in [1.29, 1.82) is 0 Å². The third kappa shape index (κ3) is 3.55. The number of amides is 1. The Morgan fingerprint density at radius 1 is 1.28 bits per heavy atom. The number of ether oxygens (including phenoxy) is 1. The summed E-state index contributed by atoms with van der Waals surface area (Å²) in [4.78, 5) is 27.1. The zero-order valence-electron chi connectivity index (χ0n) is 14.7. The summed E-state index contributed by atoms with van der Waals surface area (Å²) >= 11 is 1.23. The van der Waals surface area contributed by atoms with E-state index in [1.807, 2.05) is 23.1 Å². The number of benzene rings is 1. The average molecular weight is 363 g/mol. The molecule has 2 atom stereocenters. The number of carboxylic acid groups (broad SMARTS) is 1. The lowest BCUT2D eigenvalue weighted by molar-refractivity contribution is -0.136. The van der Waals surface area contributed by atoms with Crippen LogP contribution in [0.1, 0.15) is 43.5 Å². The highest BCUT2D eigenvalue weighted by atomic mass is 32.2. The van der Waals surface area contributed by atoms with Gasteiger partial charge in [-0.3, -0.25) is 9.59 Å². The molecule has 136 valence electrons. The summed E-state index contributed by atoms with van der Waals surface area (Å²) in [5.74, 6) is -0.862. The summed E-state index contributed by atoms with van der Waals surface area (Å²) in [6, 6.07) is 7.51. The summed E-state index contributed by atoms with van der Waals surface area (Å²) in [6.07, 6.45) is 3.03. The van der Waals surface area contributed by atoms with Gasteiger partial charge in [-0.15, -0.1) is 11.8 Å². The van der Waals surface area contributed by atoms with Gasteiger partial charge in [0.05, 0.1) is 5.56 Å². The van der Waals surface area contributed by atoms with Crippen LogP contribution in [0, 0.1) is 5.41 Å². The summed E-state index contributed by atoms with van der Waals surface area (Å²) < 4.78 is 5.51. The Morgan fingerprint density at radius 3 is 2.64 bits per heavy atom. The Labute approximate surface area is 152 Å². The Morgan fingerprint density at radius 2 is 1.96 bits per heavy atom. The Bertz CT molecular complexity index is 657. The lowest BCUT2D eigenvalue weighted by Gasteiger charge is -2.39. The minimum Gasteiger partial charge on any atom is -0.480 e. The van der Waals surface area contributed by atoms with Gasteiger partial charge in [0.15, 0.2) is 0 Å². The highest BCUT2D eigenvalue weighted by Crippen LogP contribution is 2.45. The second-order valence-electron chi connectivity index (χ2n) is 6.99. The van der Waals surface area contributed by atoms with Gasteiger partial charge in [-0.05, 0) is 50.7 Å². The molecule has 6 heteroatoms.